The van der Waals surface area contributed by atoms with E-state index in [1.54, 1.807) is 0 Å². The summed E-state index contributed by atoms with van der Waals surface area (Å²) < 4.78 is 0. The fourth-order valence-corrected chi connectivity index (χ4v) is 1.33. The third kappa shape index (κ3) is 1.70. The topological polar surface area (TPSA) is 87.1 Å². The van der Waals surface area contributed by atoms with Gasteiger partial charge in [-0.2, -0.15) is 5.26 Å². The second-order valence-corrected chi connectivity index (χ2v) is 3.16. The van der Waals surface area contributed by atoms with Crippen LogP contribution in [0, 0.1) is 11.3 Å². The SMILES string of the molecule is N#Cc1ccc(N)c(O)c1C(=O)CBr. The van der Waals surface area contributed by atoms with Crippen molar-refractivity contribution in [3.05, 3.63) is 23.3 Å². The highest BCUT2D eigenvalue weighted by atomic mass is 79.9. The van der Waals surface area contributed by atoms with Crippen LogP contribution in [0.4, 0.5) is 5.69 Å². The van der Waals surface area contributed by atoms with Crippen LogP contribution in [-0.4, -0.2) is 16.2 Å². The molecule has 4 nitrogen and oxygen atoms in total. The molecule has 14 heavy (non-hydrogen) atoms. The van der Waals surface area contributed by atoms with Crippen LogP contribution in [0.25, 0.3) is 0 Å². The molecule has 0 aromatic heterocycles. The number of nitrogens with zero attached hydrogens (tertiary/aromatic N) is 1. The number of anilines is 1. The van der Waals surface area contributed by atoms with Crippen molar-refractivity contribution in [2.45, 2.75) is 0 Å². The van der Waals surface area contributed by atoms with E-state index in [0.29, 0.717) is 0 Å². The van der Waals surface area contributed by atoms with Crippen molar-refractivity contribution in [2.75, 3.05) is 11.1 Å². The Balaban J connectivity index is 3.45. The van der Waals surface area contributed by atoms with Gasteiger partial charge in [-0.1, -0.05) is 15.9 Å². The Morgan fingerprint density at radius 3 is 2.79 bits per heavy atom. The van der Waals surface area contributed by atoms with Crippen LogP contribution in [-0.2, 0) is 0 Å². The van der Waals surface area contributed by atoms with Crippen molar-refractivity contribution in [1.82, 2.24) is 0 Å². The molecule has 0 amide bonds. The number of rotatable bonds is 2. The van der Waals surface area contributed by atoms with E-state index < -0.39 is 0 Å². The third-order valence-corrected chi connectivity index (χ3v) is 2.24. The maximum absolute atomic E-state index is 11.4. The Labute approximate surface area is 89.1 Å². The molecule has 0 radical (unpaired) electrons. The standard InChI is InChI=1S/C9H7BrN2O2/c10-3-7(13)8-5(4-11)1-2-6(12)9(8)14/h1-2,14H,3,12H2. The van der Waals surface area contributed by atoms with E-state index in [0.717, 1.165) is 0 Å². The molecular formula is C9H7BrN2O2. The van der Waals surface area contributed by atoms with Crippen LogP contribution in [0.5, 0.6) is 5.75 Å². The van der Waals surface area contributed by atoms with Crippen LogP contribution in [0.2, 0.25) is 0 Å². The molecule has 0 aliphatic heterocycles. The molecule has 0 fully saturated rings. The average Bonchev–Trinajstić information content (AvgIpc) is 2.20. The lowest BCUT2D eigenvalue weighted by atomic mass is 10.0. The quantitative estimate of drug-likeness (QED) is 0.362. The van der Waals surface area contributed by atoms with Crippen molar-refractivity contribution in [1.29, 1.82) is 5.26 Å². The summed E-state index contributed by atoms with van der Waals surface area (Å²) >= 11 is 2.96. The molecule has 0 atom stereocenters. The number of benzene rings is 1. The smallest absolute Gasteiger partial charge is 0.178 e. The van der Waals surface area contributed by atoms with Gasteiger partial charge in [0, 0.05) is 0 Å². The minimum absolute atomic E-state index is 0.0237. The zero-order valence-corrected chi connectivity index (χ0v) is 8.71. The zero-order chi connectivity index (χ0) is 10.7. The Kier molecular flexibility index (Phi) is 3.10. The molecule has 1 aromatic rings. The Morgan fingerprint density at radius 1 is 1.64 bits per heavy atom. The summed E-state index contributed by atoms with van der Waals surface area (Å²) in [6.45, 7) is 0. The number of carbonyl (C=O) groups excluding carboxylic acids is 1. The van der Waals surface area contributed by atoms with Gasteiger partial charge in [0.25, 0.3) is 0 Å². The van der Waals surface area contributed by atoms with E-state index >= 15 is 0 Å². The normalized spacial score (nSPS) is 9.43. The molecule has 1 rings (SSSR count). The number of Topliss-reactive ketones (excluding diaryl/α,β-unsaturated/α-hetero) is 1. The number of carbonyl (C=O) groups is 1. The Bertz CT molecular complexity index is 424. The highest BCUT2D eigenvalue weighted by molar-refractivity contribution is 9.09. The van der Waals surface area contributed by atoms with Gasteiger partial charge >= 0.3 is 0 Å². The molecule has 0 saturated carbocycles. The van der Waals surface area contributed by atoms with Gasteiger partial charge in [0.15, 0.2) is 11.5 Å². The summed E-state index contributed by atoms with van der Waals surface area (Å²) in [7, 11) is 0. The van der Waals surface area contributed by atoms with Gasteiger partial charge in [-0.15, -0.1) is 0 Å². The summed E-state index contributed by atoms with van der Waals surface area (Å²) in [6.07, 6.45) is 0. The second-order valence-electron chi connectivity index (χ2n) is 2.59. The van der Waals surface area contributed by atoms with Crippen molar-refractivity contribution < 1.29 is 9.90 Å². The number of halogens is 1. The monoisotopic (exact) mass is 254 g/mol. The van der Waals surface area contributed by atoms with Gasteiger partial charge in [0.05, 0.1) is 22.1 Å². The summed E-state index contributed by atoms with van der Waals surface area (Å²) in [5, 5.41) is 18.2. The van der Waals surface area contributed by atoms with Gasteiger partial charge in [0.1, 0.15) is 6.07 Å². The molecular weight excluding hydrogens is 248 g/mol. The highest BCUT2D eigenvalue weighted by Crippen LogP contribution is 2.28. The second kappa shape index (κ2) is 4.11. The van der Waals surface area contributed by atoms with Crippen LogP contribution < -0.4 is 5.73 Å². The lowest BCUT2D eigenvalue weighted by molar-refractivity contribution is 0.102. The minimum Gasteiger partial charge on any atom is -0.505 e. The first kappa shape index (κ1) is 10.5. The number of ketones is 1. The van der Waals surface area contributed by atoms with Crippen molar-refractivity contribution in [3.8, 4) is 11.8 Å². The molecule has 0 bridgehead atoms. The van der Waals surface area contributed by atoms with Crippen LogP contribution in [0.1, 0.15) is 15.9 Å². The van der Waals surface area contributed by atoms with Crippen molar-refractivity contribution in [2.24, 2.45) is 0 Å². The first-order chi connectivity index (χ1) is 6.61. The number of hydrogen-bond donors (Lipinski definition) is 2. The summed E-state index contributed by atoms with van der Waals surface area (Å²) in [5.41, 5.74) is 5.60. The third-order valence-electron chi connectivity index (χ3n) is 1.73. The summed E-state index contributed by atoms with van der Waals surface area (Å²) in [5.74, 6) is -0.695. The number of phenolic OH excluding ortho intramolecular Hbond substituents is 1. The molecule has 0 unspecified atom stereocenters. The van der Waals surface area contributed by atoms with E-state index in [2.05, 4.69) is 15.9 Å². The number of nitriles is 1. The Hall–Kier alpha value is -1.54. The maximum atomic E-state index is 11.4. The Morgan fingerprint density at radius 2 is 2.29 bits per heavy atom. The number of nitrogens with two attached hydrogens (primary N) is 1. The molecule has 0 spiro atoms. The zero-order valence-electron chi connectivity index (χ0n) is 7.12. The van der Waals surface area contributed by atoms with Gasteiger partial charge in [0.2, 0.25) is 0 Å². The molecule has 1 aromatic carbocycles. The lowest BCUT2D eigenvalue weighted by Crippen LogP contribution is -2.05. The van der Waals surface area contributed by atoms with Gasteiger partial charge < -0.3 is 10.8 Å². The fourth-order valence-electron chi connectivity index (χ4n) is 1.05. The van der Waals surface area contributed by atoms with Crippen molar-refractivity contribution >= 4 is 27.4 Å². The number of aromatic hydroxyl groups is 1. The number of alkyl halides is 1. The van der Waals surface area contributed by atoms with E-state index in [9.17, 15) is 9.90 Å². The first-order valence-electron chi connectivity index (χ1n) is 3.72. The van der Waals surface area contributed by atoms with Crippen LogP contribution >= 0.6 is 15.9 Å². The predicted octanol–water partition coefficient (Wildman–Crippen LogP) is 1.42. The van der Waals surface area contributed by atoms with Crippen LogP contribution in [0.15, 0.2) is 12.1 Å². The highest BCUT2D eigenvalue weighted by Gasteiger charge is 2.17. The minimum atomic E-state index is -0.369. The van der Waals surface area contributed by atoms with Gasteiger partial charge in [-0.3, -0.25) is 4.79 Å². The first-order valence-corrected chi connectivity index (χ1v) is 4.84. The summed E-state index contributed by atoms with van der Waals surface area (Å²) in [4.78, 5) is 11.4. The molecule has 72 valence electrons. The number of phenols is 1. The maximum Gasteiger partial charge on any atom is 0.178 e. The largest absolute Gasteiger partial charge is 0.505 e. The van der Waals surface area contributed by atoms with E-state index in [1.807, 2.05) is 6.07 Å². The molecule has 0 aliphatic rings. The van der Waals surface area contributed by atoms with E-state index in [4.69, 9.17) is 11.0 Å². The lowest BCUT2D eigenvalue weighted by Gasteiger charge is -2.06. The summed E-state index contributed by atoms with van der Waals surface area (Å²) in [6, 6.07) is 4.62. The van der Waals surface area contributed by atoms with Crippen LogP contribution in [0.3, 0.4) is 0 Å². The average molecular weight is 255 g/mol. The van der Waals surface area contributed by atoms with E-state index in [1.165, 1.54) is 12.1 Å². The van der Waals surface area contributed by atoms with Crippen molar-refractivity contribution in [3.63, 3.8) is 0 Å². The van der Waals surface area contributed by atoms with E-state index in [-0.39, 0.29) is 33.7 Å². The molecule has 0 saturated heterocycles. The fraction of sp³-hybridized carbons (Fsp3) is 0.111. The molecule has 0 heterocycles. The molecule has 3 N–H and O–H groups in total. The number of hydrogen-bond acceptors (Lipinski definition) is 4. The molecule has 0 aliphatic carbocycles. The number of nitrogen functional groups attached to an aromatic ring is 1. The van der Waals surface area contributed by atoms with Gasteiger partial charge in [-0.05, 0) is 12.1 Å². The van der Waals surface area contributed by atoms with Gasteiger partial charge in [-0.25, -0.2) is 0 Å². The molecule has 5 heteroatoms. The predicted molar refractivity (Wildman–Crippen MR) is 55.4 cm³/mol.